The van der Waals surface area contributed by atoms with E-state index in [0.717, 1.165) is 24.6 Å². The summed E-state index contributed by atoms with van der Waals surface area (Å²) in [5.41, 5.74) is 3.12. The molecular weight excluding hydrogens is 557 g/mol. The van der Waals surface area contributed by atoms with Crippen LogP contribution in [-0.2, 0) is 4.79 Å². The van der Waals surface area contributed by atoms with E-state index >= 15 is 0 Å². The zero-order valence-electron chi connectivity index (χ0n) is 26.1. The summed E-state index contributed by atoms with van der Waals surface area (Å²) < 4.78 is 16.4. The maximum absolute atomic E-state index is 14.6. The molecule has 7 rings (SSSR count). The summed E-state index contributed by atoms with van der Waals surface area (Å²) in [6.07, 6.45) is 9.31. The second-order valence-corrected chi connectivity index (χ2v) is 13.2. The van der Waals surface area contributed by atoms with Gasteiger partial charge in [0.25, 0.3) is 5.91 Å². The van der Waals surface area contributed by atoms with Gasteiger partial charge in [-0.3, -0.25) is 19.4 Å². The lowest BCUT2D eigenvalue weighted by Crippen LogP contribution is -2.60. The van der Waals surface area contributed by atoms with Crippen LogP contribution in [0.3, 0.4) is 0 Å². The van der Waals surface area contributed by atoms with Crippen LogP contribution in [0.15, 0.2) is 55.0 Å². The number of carbonyl (C=O) groups excluding carboxylic acids is 3. The minimum absolute atomic E-state index is 0.0104. The van der Waals surface area contributed by atoms with Crippen molar-refractivity contribution in [3.63, 3.8) is 0 Å². The molecule has 3 saturated heterocycles. The molecular formula is C35H42FN5O3. The third kappa shape index (κ3) is 5.36. The van der Waals surface area contributed by atoms with E-state index in [0.29, 0.717) is 48.7 Å². The van der Waals surface area contributed by atoms with Gasteiger partial charge in [-0.1, -0.05) is 12.2 Å². The summed E-state index contributed by atoms with van der Waals surface area (Å²) in [5.74, 6) is -0.677. The number of amides is 2. The van der Waals surface area contributed by atoms with Crippen LogP contribution in [0.4, 0.5) is 4.39 Å². The molecule has 1 unspecified atom stereocenters. The zero-order chi connectivity index (χ0) is 31.3. The molecule has 4 fully saturated rings. The predicted octanol–water partition coefficient (Wildman–Crippen LogP) is 5.54. The van der Waals surface area contributed by atoms with Gasteiger partial charge in [-0.25, -0.2) is 4.39 Å². The molecule has 1 saturated carbocycles. The number of nitrogens with one attached hydrogen (secondary N) is 1. The van der Waals surface area contributed by atoms with Crippen molar-refractivity contribution in [1.82, 2.24) is 24.7 Å². The van der Waals surface area contributed by atoms with Gasteiger partial charge in [0, 0.05) is 66.4 Å². The number of hydrogen-bond acceptors (Lipinski definition) is 5. The van der Waals surface area contributed by atoms with Gasteiger partial charge in [0.2, 0.25) is 5.91 Å². The Labute approximate surface area is 258 Å². The summed E-state index contributed by atoms with van der Waals surface area (Å²) in [6, 6.07) is 5.97. The molecule has 1 aliphatic carbocycles. The largest absolute Gasteiger partial charge is 0.341 e. The first-order chi connectivity index (χ1) is 21.0. The number of pyridine rings is 1. The normalized spacial score (nSPS) is 22.3. The zero-order valence-corrected chi connectivity index (χ0v) is 26.1. The van der Waals surface area contributed by atoms with Gasteiger partial charge >= 0.3 is 0 Å². The summed E-state index contributed by atoms with van der Waals surface area (Å²) in [5, 5.41) is 4.27. The second kappa shape index (κ2) is 11.9. The fourth-order valence-corrected chi connectivity index (χ4v) is 7.66. The van der Waals surface area contributed by atoms with E-state index in [1.165, 1.54) is 17.7 Å². The van der Waals surface area contributed by atoms with Gasteiger partial charge in [0.15, 0.2) is 5.78 Å². The van der Waals surface area contributed by atoms with Gasteiger partial charge in [0.1, 0.15) is 5.82 Å². The standard InChI is InChI=1S/C35H42FN5O3/c1-20(2)41(21(3)4)34(43)28-17-24(36)6-9-30(28)40-19-29(27-10-13-37-18-31(27)40)33(42)23-11-14-39(15-12-23)35(44)32-26-8-7-25(38-32)16-22(26)5/h6,9-10,13,17-21,23,25-26,32,38H,5,7-8,11-12,14-16H2,1-4H3/t25?,26-,32+/m1/s1. The highest BCUT2D eigenvalue weighted by atomic mass is 19.1. The van der Waals surface area contributed by atoms with E-state index in [-0.39, 0.29) is 53.1 Å². The molecule has 4 aliphatic rings. The van der Waals surface area contributed by atoms with Crippen molar-refractivity contribution in [2.45, 2.75) is 84.0 Å². The number of hydrogen-bond donors (Lipinski definition) is 1. The van der Waals surface area contributed by atoms with Crippen LogP contribution in [-0.4, -0.2) is 74.2 Å². The van der Waals surface area contributed by atoms with E-state index < -0.39 is 5.82 Å². The van der Waals surface area contributed by atoms with Crippen molar-refractivity contribution in [2.75, 3.05) is 13.1 Å². The lowest BCUT2D eigenvalue weighted by Gasteiger charge is -2.46. The van der Waals surface area contributed by atoms with Crippen molar-refractivity contribution in [3.8, 4) is 5.69 Å². The maximum Gasteiger partial charge on any atom is 0.256 e. The first-order valence-corrected chi connectivity index (χ1v) is 15.9. The number of carbonyl (C=O) groups is 3. The molecule has 1 N–H and O–H groups in total. The van der Waals surface area contributed by atoms with Crippen LogP contribution >= 0.6 is 0 Å². The fourth-order valence-electron chi connectivity index (χ4n) is 7.66. The highest BCUT2D eigenvalue weighted by molar-refractivity contribution is 6.10. The number of fused-ring (bicyclic) bond motifs is 4. The quantitative estimate of drug-likeness (QED) is 0.285. The van der Waals surface area contributed by atoms with Crippen molar-refractivity contribution in [1.29, 1.82) is 0 Å². The smallest absolute Gasteiger partial charge is 0.256 e. The number of rotatable bonds is 7. The molecule has 2 aromatic heterocycles. The van der Waals surface area contributed by atoms with Crippen LogP contribution in [0.2, 0.25) is 0 Å². The van der Waals surface area contributed by atoms with Crippen molar-refractivity contribution < 1.29 is 18.8 Å². The van der Waals surface area contributed by atoms with Crippen LogP contribution in [0.5, 0.6) is 0 Å². The number of ketones is 1. The molecule has 9 heteroatoms. The number of halogens is 1. The van der Waals surface area contributed by atoms with E-state index in [2.05, 4.69) is 16.9 Å². The number of benzene rings is 1. The molecule has 2 bridgehead atoms. The molecule has 3 aliphatic heterocycles. The molecule has 2 amide bonds. The predicted molar refractivity (Wildman–Crippen MR) is 168 cm³/mol. The third-order valence-corrected chi connectivity index (χ3v) is 9.79. The number of piperidine rings is 3. The van der Waals surface area contributed by atoms with Gasteiger partial charge < -0.3 is 19.7 Å². The van der Waals surface area contributed by atoms with Gasteiger partial charge in [-0.15, -0.1) is 0 Å². The second-order valence-electron chi connectivity index (χ2n) is 13.2. The van der Waals surface area contributed by atoms with Crippen molar-refractivity contribution in [3.05, 3.63) is 72.0 Å². The third-order valence-electron chi connectivity index (χ3n) is 9.79. The van der Waals surface area contributed by atoms with Gasteiger partial charge in [-0.05, 0) is 84.1 Å². The molecule has 3 aromatic rings. The average molecular weight is 600 g/mol. The van der Waals surface area contributed by atoms with Crippen LogP contribution < -0.4 is 5.32 Å². The Balaban J connectivity index is 1.26. The highest BCUT2D eigenvalue weighted by Crippen LogP contribution is 2.38. The van der Waals surface area contributed by atoms with Crippen LogP contribution in [0, 0.1) is 17.7 Å². The summed E-state index contributed by atoms with van der Waals surface area (Å²) in [6.45, 7) is 13.1. The number of aromatic nitrogens is 2. The molecule has 5 heterocycles. The minimum atomic E-state index is -0.502. The summed E-state index contributed by atoms with van der Waals surface area (Å²) in [7, 11) is 0. The molecule has 232 valence electrons. The number of nitrogens with zero attached hydrogens (tertiary/aromatic N) is 4. The molecule has 1 aromatic carbocycles. The molecule has 8 nitrogen and oxygen atoms in total. The Morgan fingerprint density at radius 2 is 1.75 bits per heavy atom. The first kappa shape index (κ1) is 30.2. The van der Waals surface area contributed by atoms with Crippen molar-refractivity contribution >= 4 is 28.5 Å². The molecule has 3 atom stereocenters. The SMILES string of the molecule is C=C1CC2CC[C@H]1[C@@H](C(=O)N1CCC(C(=O)c3cn(-c4ccc(F)cc4C(=O)N(C(C)C)C(C)C)c4cnccc34)CC1)N2. The van der Waals surface area contributed by atoms with E-state index in [1.54, 1.807) is 34.1 Å². The Kier molecular flexibility index (Phi) is 8.18. The lowest BCUT2D eigenvalue weighted by atomic mass is 9.73. The lowest BCUT2D eigenvalue weighted by molar-refractivity contribution is -0.137. The van der Waals surface area contributed by atoms with Crippen molar-refractivity contribution in [2.24, 2.45) is 11.8 Å². The average Bonchev–Trinajstić information content (AvgIpc) is 3.39. The van der Waals surface area contributed by atoms with E-state index in [1.807, 2.05) is 38.7 Å². The molecule has 0 spiro atoms. The number of Topliss-reactive ketones (excluding diaryl/α,β-unsaturated/α-hetero) is 1. The summed E-state index contributed by atoms with van der Waals surface area (Å²) >= 11 is 0. The molecule has 0 radical (unpaired) electrons. The van der Waals surface area contributed by atoms with Crippen LogP contribution in [0.1, 0.15) is 80.5 Å². The fraction of sp³-hybridized carbons (Fsp3) is 0.486. The Morgan fingerprint density at radius 1 is 1.02 bits per heavy atom. The maximum atomic E-state index is 14.6. The molecule has 44 heavy (non-hydrogen) atoms. The Morgan fingerprint density at radius 3 is 2.41 bits per heavy atom. The first-order valence-electron chi connectivity index (χ1n) is 15.9. The topological polar surface area (TPSA) is 87.5 Å². The minimum Gasteiger partial charge on any atom is -0.341 e. The highest BCUT2D eigenvalue weighted by Gasteiger charge is 2.43. The Bertz CT molecular complexity index is 1610. The Hall–Kier alpha value is -3.85. The number of likely N-dealkylation sites (tertiary alicyclic amines) is 1. The van der Waals surface area contributed by atoms with Gasteiger partial charge in [0.05, 0.1) is 29.0 Å². The monoisotopic (exact) mass is 599 g/mol. The summed E-state index contributed by atoms with van der Waals surface area (Å²) in [4.78, 5) is 49.3. The van der Waals surface area contributed by atoms with Crippen LogP contribution in [0.25, 0.3) is 16.6 Å². The van der Waals surface area contributed by atoms with E-state index in [4.69, 9.17) is 0 Å². The van der Waals surface area contributed by atoms with E-state index in [9.17, 15) is 18.8 Å². The van der Waals surface area contributed by atoms with Gasteiger partial charge in [-0.2, -0.15) is 0 Å².